The van der Waals surface area contributed by atoms with Gasteiger partial charge in [-0.2, -0.15) is 0 Å². The van der Waals surface area contributed by atoms with E-state index in [0.717, 1.165) is 0 Å². The number of carbonyl (C=O) groups is 3. The van der Waals surface area contributed by atoms with Gasteiger partial charge in [0.05, 0.1) is 18.1 Å². The van der Waals surface area contributed by atoms with E-state index in [1.165, 1.54) is 0 Å². The number of aliphatic carboxylic acids is 1. The molecule has 2 aliphatic heterocycles. The normalized spacial score (nSPS) is 46.4. The summed E-state index contributed by atoms with van der Waals surface area (Å²) in [5, 5.41) is 20.2. The monoisotopic (exact) mass is 362 g/mol. The van der Waals surface area contributed by atoms with Gasteiger partial charge >= 0.3 is 5.97 Å². The molecule has 0 aromatic heterocycles. The molecule has 0 unspecified atom stereocenters. The minimum Gasteiger partial charge on any atom is -0.478 e. The van der Waals surface area contributed by atoms with Crippen LogP contribution in [-0.4, -0.2) is 46.6 Å². The van der Waals surface area contributed by atoms with Crippen molar-refractivity contribution < 1.29 is 29.3 Å². The summed E-state index contributed by atoms with van der Waals surface area (Å²) in [4.78, 5) is 37.4. The van der Waals surface area contributed by atoms with Crippen LogP contribution in [-0.2, 0) is 19.1 Å². The molecule has 0 radical (unpaired) electrons. The number of ketones is 2. The standard InChI is InChI=1S/C20H26O6/c1-9(18(24)25)10-4-5-12-11(6-10)15(22)16(23)17-19(2,3)14-7-13(21)20(12,17)8-26-14/h10-12,14,16-17,23H,1,4-8H2,2-3H3,(H,24,25)/t10-,11-,12-,14-,16-,17-,20-/m1/s1. The SMILES string of the molecule is C=C(C(=O)O)[C@@H]1CC[C@@H]2[C@@H](C1)C(=O)[C@@H](O)[C@@H]1C(C)(C)[C@H]3CC(=O)[C@@]21CO3. The lowest BCUT2D eigenvalue weighted by molar-refractivity contribution is -0.262. The van der Waals surface area contributed by atoms with Gasteiger partial charge in [0.25, 0.3) is 0 Å². The predicted molar refractivity (Wildman–Crippen MR) is 91.2 cm³/mol. The first-order chi connectivity index (χ1) is 12.1. The fourth-order valence-corrected chi connectivity index (χ4v) is 6.55. The van der Waals surface area contributed by atoms with Crippen molar-refractivity contribution in [3.63, 3.8) is 0 Å². The zero-order valence-corrected chi connectivity index (χ0v) is 15.2. The van der Waals surface area contributed by atoms with Crippen molar-refractivity contribution in [2.75, 3.05) is 6.61 Å². The molecule has 5 fully saturated rings. The summed E-state index contributed by atoms with van der Waals surface area (Å²) < 4.78 is 6.01. The van der Waals surface area contributed by atoms with E-state index >= 15 is 0 Å². The second kappa shape index (κ2) is 5.49. The van der Waals surface area contributed by atoms with Gasteiger partial charge in [-0.3, -0.25) is 9.59 Å². The van der Waals surface area contributed by atoms with E-state index in [1.807, 2.05) is 13.8 Å². The Bertz CT molecular complexity index is 709. The minimum atomic E-state index is -1.20. The van der Waals surface area contributed by atoms with Crippen molar-refractivity contribution in [3.8, 4) is 0 Å². The second-order valence-electron chi connectivity index (χ2n) is 9.17. The quantitative estimate of drug-likeness (QED) is 0.724. The number of Topliss-reactive ketones (excluding diaryl/α,β-unsaturated/α-hetero) is 2. The molecule has 26 heavy (non-hydrogen) atoms. The molecule has 3 saturated carbocycles. The maximum absolute atomic E-state index is 13.1. The van der Waals surface area contributed by atoms with Crippen LogP contribution in [0.25, 0.3) is 0 Å². The lowest BCUT2D eigenvalue weighted by Crippen LogP contribution is -2.74. The van der Waals surface area contributed by atoms with Gasteiger partial charge < -0.3 is 14.9 Å². The Kier molecular flexibility index (Phi) is 3.77. The zero-order valence-electron chi connectivity index (χ0n) is 15.2. The lowest BCUT2D eigenvalue weighted by atomic mass is 9.40. The Labute approximate surface area is 152 Å². The topological polar surface area (TPSA) is 101 Å². The highest BCUT2D eigenvalue weighted by Gasteiger charge is 2.72. The van der Waals surface area contributed by atoms with Crippen LogP contribution in [0.1, 0.15) is 39.5 Å². The Morgan fingerprint density at radius 1 is 1.27 bits per heavy atom. The van der Waals surface area contributed by atoms with Crippen LogP contribution in [0.5, 0.6) is 0 Å². The van der Waals surface area contributed by atoms with Crippen molar-refractivity contribution in [2.45, 2.75) is 51.7 Å². The molecule has 0 amide bonds. The van der Waals surface area contributed by atoms with Crippen molar-refractivity contribution in [1.29, 1.82) is 0 Å². The first-order valence-corrected chi connectivity index (χ1v) is 9.41. The van der Waals surface area contributed by atoms with Crippen LogP contribution in [0.15, 0.2) is 12.2 Å². The number of carboxylic acids is 1. The summed E-state index contributed by atoms with van der Waals surface area (Å²) in [6.45, 7) is 7.89. The van der Waals surface area contributed by atoms with Gasteiger partial charge in [-0.1, -0.05) is 20.4 Å². The first-order valence-electron chi connectivity index (χ1n) is 9.41. The number of carboxylic acid groups (broad SMARTS) is 1. The van der Waals surface area contributed by atoms with Crippen molar-refractivity contribution >= 4 is 17.5 Å². The van der Waals surface area contributed by atoms with Crippen LogP contribution in [0.3, 0.4) is 0 Å². The van der Waals surface area contributed by atoms with Gasteiger partial charge in [-0.15, -0.1) is 0 Å². The average Bonchev–Trinajstić information content (AvgIpc) is 2.59. The van der Waals surface area contributed by atoms with Crippen LogP contribution < -0.4 is 0 Å². The number of aliphatic hydroxyl groups excluding tert-OH is 1. The molecule has 2 bridgehead atoms. The highest BCUT2D eigenvalue weighted by molar-refractivity contribution is 5.95. The molecule has 6 nitrogen and oxygen atoms in total. The van der Waals surface area contributed by atoms with Gasteiger partial charge in [-0.25, -0.2) is 4.79 Å². The molecule has 2 saturated heterocycles. The molecule has 6 heteroatoms. The number of hydrogen-bond acceptors (Lipinski definition) is 5. The van der Waals surface area contributed by atoms with E-state index in [2.05, 4.69) is 6.58 Å². The van der Waals surface area contributed by atoms with Crippen LogP contribution in [0.2, 0.25) is 0 Å². The predicted octanol–water partition coefficient (Wildman–Crippen LogP) is 1.60. The van der Waals surface area contributed by atoms with Crippen LogP contribution in [0.4, 0.5) is 0 Å². The Morgan fingerprint density at radius 3 is 2.58 bits per heavy atom. The largest absolute Gasteiger partial charge is 0.478 e. The van der Waals surface area contributed by atoms with Crippen LogP contribution in [0, 0.1) is 34.5 Å². The van der Waals surface area contributed by atoms with Crippen molar-refractivity contribution in [2.24, 2.45) is 34.5 Å². The molecule has 3 aliphatic carbocycles. The van der Waals surface area contributed by atoms with E-state index in [0.29, 0.717) is 25.7 Å². The molecule has 1 spiro atoms. The fraction of sp³-hybridized carbons (Fsp3) is 0.750. The average molecular weight is 362 g/mol. The number of hydrogen-bond donors (Lipinski definition) is 2. The molecule has 0 aromatic rings. The van der Waals surface area contributed by atoms with E-state index in [1.54, 1.807) is 0 Å². The van der Waals surface area contributed by atoms with Crippen LogP contribution >= 0.6 is 0 Å². The number of fused-ring (bicyclic) bond motifs is 3. The Balaban J connectivity index is 1.75. The third kappa shape index (κ3) is 2.03. The molecular weight excluding hydrogens is 336 g/mol. The van der Waals surface area contributed by atoms with E-state index in [9.17, 15) is 24.6 Å². The first kappa shape index (κ1) is 17.9. The van der Waals surface area contributed by atoms with Crippen molar-refractivity contribution in [1.82, 2.24) is 0 Å². The Hall–Kier alpha value is -1.53. The van der Waals surface area contributed by atoms with E-state index in [-0.39, 0.29) is 41.7 Å². The molecule has 2 N–H and O–H groups in total. The number of ether oxygens (including phenoxy) is 1. The third-order valence-corrected chi connectivity index (χ3v) is 7.85. The van der Waals surface area contributed by atoms with Gasteiger partial charge in [-0.05, 0) is 36.5 Å². The van der Waals surface area contributed by atoms with E-state index < -0.39 is 34.7 Å². The summed E-state index contributed by atoms with van der Waals surface area (Å²) in [6.07, 6.45) is 0.409. The molecule has 2 heterocycles. The lowest BCUT2D eigenvalue weighted by Gasteiger charge is -2.66. The number of aliphatic hydroxyl groups is 1. The van der Waals surface area contributed by atoms with Crippen molar-refractivity contribution in [3.05, 3.63) is 12.2 Å². The van der Waals surface area contributed by atoms with Gasteiger partial charge in [0.15, 0.2) is 5.78 Å². The fourth-order valence-electron chi connectivity index (χ4n) is 6.55. The van der Waals surface area contributed by atoms with Gasteiger partial charge in [0, 0.05) is 23.8 Å². The summed E-state index contributed by atoms with van der Waals surface area (Å²) in [5.41, 5.74) is -1.17. The maximum atomic E-state index is 13.1. The highest BCUT2D eigenvalue weighted by Crippen LogP contribution is 2.65. The summed E-state index contributed by atoms with van der Waals surface area (Å²) >= 11 is 0. The molecule has 142 valence electrons. The number of carbonyl (C=O) groups excluding carboxylic acids is 2. The Morgan fingerprint density at radius 2 is 1.96 bits per heavy atom. The third-order valence-electron chi connectivity index (χ3n) is 7.85. The van der Waals surface area contributed by atoms with Gasteiger partial charge in [0.2, 0.25) is 0 Å². The zero-order chi connectivity index (χ0) is 19.0. The molecular formula is C20H26O6. The second-order valence-corrected chi connectivity index (χ2v) is 9.17. The molecule has 7 atom stereocenters. The van der Waals surface area contributed by atoms with E-state index in [4.69, 9.17) is 4.74 Å². The molecule has 5 rings (SSSR count). The highest BCUT2D eigenvalue weighted by atomic mass is 16.5. The summed E-state index contributed by atoms with van der Waals surface area (Å²) in [7, 11) is 0. The minimum absolute atomic E-state index is 0.107. The van der Waals surface area contributed by atoms with Gasteiger partial charge in [0.1, 0.15) is 11.9 Å². The smallest absolute Gasteiger partial charge is 0.331 e. The summed E-state index contributed by atoms with van der Waals surface area (Å²) in [5.74, 6) is -2.59. The maximum Gasteiger partial charge on any atom is 0.331 e. The summed E-state index contributed by atoms with van der Waals surface area (Å²) in [6, 6.07) is 0. The number of rotatable bonds is 2. The molecule has 5 aliphatic rings. The molecule has 0 aromatic carbocycles.